The monoisotopic (exact) mass is 339 g/mol. The first kappa shape index (κ1) is 16.8. The molecule has 2 nitrogen and oxygen atoms in total. The van der Waals surface area contributed by atoms with Crippen LogP contribution in [0.3, 0.4) is 0 Å². The minimum Gasteiger partial charge on any atom is -0.335 e. The number of carbonyl (C=O) groups excluding carboxylic acids is 1. The van der Waals surface area contributed by atoms with E-state index in [0.29, 0.717) is 17.5 Å². The molecule has 0 bridgehead atoms. The topological polar surface area (TPSA) is 20.3 Å². The van der Waals surface area contributed by atoms with E-state index in [1.54, 1.807) is 6.08 Å². The van der Waals surface area contributed by atoms with Gasteiger partial charge in [-0.15, -0.1) is 0 Å². The van der Waals surface area contributed by atoms with E-state index in [1.165, 1.54) is 19.3 Å². The van der Waals surface area contributed by atoms with Gasteiger partial charge in [0, 0.05) is 24.2 Å². The Hall–Kier alpha value is -2.06. The van der Waals surface area contributed by atoms with Crippen LogP contribution in [0, 0.1) is 5.92 Å². The second-order valence-electron chi connectivity index (χ2n) is 6.36. The van der Waals surface area contributed by atoms with E-state index in [-0.39, 0.29) is 5.91 Å². The molecule has 0 unspecified atom stereocenters. The molecule has 0 aromatic heterocycles. The molecule has 3 heteroatoms. The average Bonchev–Trinajstić information content (AvgIpc) is 2.57. The van der Waals surface area contributed by atoms with Crippen LogP contribution in [0.1, 0.15) is 30.4 Å². The maximum Gasteiger partial charge on any atom is 0.246 e. The smallest absolute Gasteiger partial charge is 0.246 e. The number of benzene rings is 2. The molecule has 1 saturated carbocycles. The summed E-state index contributed by atoms with van der Waals surface area (Å²) in [6.07, 6.45) is 7.19. The fourth-order valence-electron chi connectivity index (χ4n) is 2.90. The van der Waals surface area contributed by atoms with Crippen LogP contribution in [0.15, 0.2) is 60.7 Å². The van der Waals surface area contributed by atoms with Crippen molar-refractivity contribution >= 4 is 23.6 Å². The zero-order valence-electron chi connectivity index (χ0n) is 13.7. The van der Waals surface area contributed by atoms with Crippen LogP contribution in [0.4, 0.5) is 0 Å². The van der Waals surface area contributed by atoms with Gasteiger partial charge in [-0.3, -0.25) is 4.79 Å². The van der Waals surface area contributed by atoms with Crippen molar-refractivity contribution in [2.75, 3.05) is 6.54 Å². The van der Waals surface area contributed by atoms with E-state index in [9.17, 15) is 4.79 Å². The predicted octanol–water partition coefficient (Wildman–Crippen LogP) is 5.18. The van der Waals surface area contributed by atoms with E-state index < -0.39 is 0 Å². The second kappa shape index (κ2) is 8.16. The summed E-state index contributed by atoms with van der Waals surface area (Å²) in [7, 11) is 0. The summed E-state index contributed by atoms with van der Waals surface area (Å²) in [5.74, 6) is 0.692. The SMILES string of the molecule is O=C(C=Cc1ccccc1Cl)N(Cc1ccccc1)CC1CCC1. The Balaban J connectivity index is 1.71. The van der Waals surface area contributed by atoms with Gasteiger partial charge in [-0.1, -0.05) is 66.6 Å². The summed E-state index contributed by atoms with van der Waals surface area (Å²) in [6, 6.07) is 17.7. The summed E-state index contributed by atoms with van der Waals surface area (Å²) in [4.78, 5) is 14.7. The number of hydrogen-bond donors (Lipinski definition) is 0. The molecule has 0 spiro atoms. The van der Waals surface area contributed by atoms with Gasteiger partial charge in [-0.2, -0.15) is 0 Å². The lowest BCUT2D eigenvalue weighted by atomic mass is 9.85. The van der Waals surface area contributed by atoms with Crippen molar-refractivity contribution in [2.45, 2.75) is 25.8 Å². The van der Waals surface area contributed by atoms with Crippen LogP contribution in [-0.2, 0) is 11.3 Å². The normalized spacial score (nSPS) is 14.5. The lowest BCUT2D eigenvalue weighted by molar-refractivity contribution is -0.127. The maximum atomic E-state index is 12.7. The second-order valence-corrected chi connectivity index (χ2v) is 6.76. The molecule has 1 aliphatic carbocycles. The van der Waals surface area contributed by atoms with Crippen molar-refractivity contribution in [1.82, 2.24) is 4.90 Å². The van der Waals surface area contributed by atoms with Crippen molar-refractivity contribution in [3.05, 3.63) is 76.8 Å². The van der Waals surface area contributed by atoms with Crippen LogP contribution >= 0.6 is 11.6 Å². The van der Waals surface area contributed by atoms with Gasteiger partial charge in [0.2, 0.25) is 5.91 Å². The molecule has 1 amide bonds. The molecule has 1 aliphatic rings. The zero-order valence-corrected chi connectivity index (χ0v) is 14.5. The lowest BCUT2D eigenvalue weighted by Crippen LogP contribution is -2.36. The fourth-order valence-corrected chi connectivity index (χ4v) is 3.10. The van der Waals surface area contributed by atoms with Crippen molar-refractivity contribution in [3.63, 3.8) is 0 Å². The fraction of sp³-hybridized carbons (Fsp3) is 0.286. The Kier molecular flexibility index (Phi) is 5.71. The highest BCUT2D eigenvalue weighted by Gasteiger charge is 2.22. The molecule has 0 saturated heterocycles. The first-order chi connectivity index (χ1) is 11.7. The molecule has 0 atom stereocenters. The quantitative estimate of drug-likeness (QED) is 0.664. The molecule has 1 fully saturated rings. The number of amides is 1. The Bertz CT molecular complexity index is 707. The molecule has 0 radical (unpaired) electrons. The Morgan fingerprint density at radius 1 is 1.08 bits per heavy atom. The van der Waals surface area contributed by atoms with E-state index in [4.69, 9.17) is 11.6 Å². The number of rotatable bonds is 6. The van der Waals surface area contributed by atoms with Crippen molar-refractivity contribution in [3.8, 4) is 0 Å². The van der Waals surface area contributed by atoms with Crippen molar-refractivity contribution < 1.29 is 4.79 Å². The summed E-state index contributed by atoms with van der Waals surface area (Å²) < 4.78 is 0. The molecule has 0 aliphatic heterocycles. The van der Waals surface area contributed by atoms with Crippen LogP contribution in [0.2, 0.25) is 5.02 Å². The molecule has 2 aromatic carbocycles. The van der Waals surface area contributed by atoms with E-state index >= 15 is 0 Å². The number of hydrogen-bond acceptors (Lipinski definition) is 1. The molecular weight excluding hydrogens is 318 g/mol. The summed E-state index contributed by atoms with van der Waals surface area (Å²) in [5.41, 5.74) is 2.03. The van der Waals surface area contributed by atoms with Gasteiger partial charge in [-0.25, -0.2) is 0 Å². The molecule has 2 aromatic rings. The maximum absolute atomic E-state index is 12.7. The molecule has 3 rings (SSSR count). The third kappa shape index (κ3) is 4.48. The van der Waals surface area contributed by atoms with Crippen LogP contribution in [0.5, 0.6) is 0 Å². The van der Waals surface area contributed by atoms with E-state index in [1.807, 2.05) is 53.4 Å². The van der Waals surface area contributed by atoms with Gasteiger partial charge in [0.05, 0.1) is 0 Å². The standard InChI is InChI=1S/C21H22ClNO/c22-20-12-5-4-11-19(20)13-14-21(24)23(16-18-9-6-10-18)15-17-7-2-1-3-8-17/h1-5,7-8,11-14,18H,6,9-10,15-16H2. The Morgan fingerprint density at radius 3 is 2.46 bits per heavy atom. The lowest BCUT2D eigenvalue weighted by Gasteiger charge is -2.32. The summed E-state index contributed by atoms with van der Waals surface area (Å²) in [5, 5.41) is 0.662. The number of carbonyl (C=O) groups is 1. The highest BCUT2D eigenvalue weighted by molar-refractivity contribution is 6.32. The molecule has 0 N–H and O–H groups in total. The summed E-state index contributed by atoms with van der Waals surface area (Å²) >= 11 is 6.16. The highest BCUT2D eigenvalue weighted by Crippen LogP contribution is 2.28. The molecule has 24 heavy (non-hydrogen) atoms. The van der Waals surface area contributed by atoms with Gasteiger partial charge < -0.3 is 4.90 Å². The van der Waals surface area contributed by atoms with Gasteiger partial charge in [0.25, 0.3) is 0 Å². The van der Waals surface area contributed by atoms with Gasteiger partial charge >= 0.3 is 0 Å². The highest BCUT2D eigenvalue weighted by atomic mass is 35.5. The predicted molar refractivity (Wildman–Crippen MR) is 99.7 cm³/mol. The largest absolute Gasteiger partial charge is 0.335 e. The van der Waals surface area contributed by atoms with Crippen LogP contribution in [0.25, 0.3) is 6.08 Å². The van der Waals surface area contributed by atoms with Crippen LogP contribution < -0.4 is 0 Å². The first-order valence-corrected chi connectivity index (χ1v) is 8.85. The van der Waals surface area contributed by atoms with Gasteiger partial charge in [-0.05, 0) is 42.0 Å². The molecular formula is C21H22ClNO. The average molecular weight is 340 g/mol. The Morgan fingerprint density at radius 2 is 1.79 bits per heavy atom. The van der Waals surface area contributed by atoms with Crippen molar-refractivity contribution in [2.24, 2.45) is 5.92 Å². The molecule has 0 heterocycles. The van der Waals surface area contributed by atoms with Crippen molar-refractivity contribution in [1.29, 1.82) is 0 Å². The zero-order chi connectivity index (χ0) is 16.8. The third-order valence-electron chi connectivity index (χ3n) is 4.54. The minimum absolute atomic E-state index is 0.0469. The minimum atomic E-state index is 0.0469. The number of nitrogens with zero attached hydrogens (tertiary/aromatic N) is 1. The number of halogens is 1. The van der Waals surface area contributed by atoms with Gasteiger partial charge in [0.15, 0.2) is 0 Å². The van der Waals surface area contributed by atoms with E-state index in [2.05, 4.69) is 12.1 Å². The first-order valence-electron chi connectivity index (χ1n) is 8.48. The van der Waals surface area contributed by atoms with E-state index in [0.717, 1.165) is 17.7 Å². The summed E-state index contributed by atoms with van der Waals surface area (Å²) in [6.45, 7) is 1.49. The Labute approximate surface area is 148 Å². The molecule has 124 valence electrons. The van der Waals surface area contributed by atoms with Crippen LogP contribution in [-0.4, -0.2) is 17.4 Å². The third-order valence-corrected chi connectivity index (χ3v) is 4.89. The van der Waals surface area contributed by atoms with Gasteiger partial charge in [0.1, 0.15) is 0 Å².